The summed E-state index contributed by atoms with van der Waals surface area (Å²) in [6.45, 7) is 4.69. The average Bonchev–Trinajstić information content (AvgIpc) is 2.49. The third kappa shape index (κ3) is 2.78. The number of carbonyl (C=O) groups excluding carboxylic acids is 1. The second-order valence-corrected chi connectivity index (χ2v) is 5.60. The molecule has 0 unspecified atom stereocenters. The van der Waals surface area contributed by atoms with Crippen LogP contribution in [-0.4, -0.2) is 55.6 Å². The van der Waals surface area contributed by atoms with E-state index in [0.717, 1.165) is 56.8 Å². The minimum absolute atomic E-state index is 0.000744. The van der Waals surface area contributed by atoms with Crippen LogP contribution in [0.3, 0.4) is 0 Å². The molecule has 2 aliphatic heterocycles. The first kappa shape index (κ1) is 13.4. The van der Waals surface area contributed by atoms with Gasteiger partial charge in [-0.25, -0.2) is 5.01 Å². The summed E-state index contributed by atoms with van der Waals surface area (Å²) >= 11 is 0. The molecule has 1 aromatic rings. The highest BCUT2D eigenvalue weighted by Crippen LogP contribution is 2.25. The van der Waals surface area contributed by atoms with Crippen LogP contribution in [0.2, 0.25) is 0 Å². The fourth-order valence-corrected chi connectivity index (χ4v) is 2.82. The lowest BCUT2D eigenvalue weighted by atomic mass is 9.99. The Morgan fingerprint density at radius 1 is 1.25 bits per heavy atom. The summed E-state index contributed by atoms with van der Waals surface area (Å²) in [6, 6.07) is 5.99. The smallest absolute Gasteiger partial charge is 0.267 e. The van der Waals surface area contributed by atoms with Gasteiger partial charge in [0.2, 0.25) is 0 Å². The molecule has 1 saturated heterocycles. The molecular weight excluding hydrogens is 252 g/mol. The van der Waals surface area contributed by atoms with Crippen molar-refractivity contribution >= 4 is 11.6 Å². The van der Waals surface area contributed by atoms with Gasteiger partial charge in [-0.2, -0.15) is 0 Å². The highest BCUT2D eigenvalue weighted by molar-refractivity contribution is 6.00. The molecule has 2 heterocycles. The normalized spacial score (nSPS) is 20.1. The molecular formula is C15H22N4O. The van der Waals surface area contributed by atoms with E-state index in [1.165, 1.54) is 5.56 Å². The van der Waals surface area contributed by atoms with Crippen LogP contribution in [0.15, 0.2) is 18.2 Å². The van der Waals surface area contributed by atoms with Gasteiger partial charge < -0.3 is 10.2 Å². The molecule has 108 valence electrons. The number of piperazine rings is 1. The fourth-order valence-electron chi connectivity index (χ4n) is 2.82. The Morgan fingerprint density at radius 3 is 2.85 bits per heavy atom. The number of nitrogens with one attached hydrogen (secondary N) is 2. The molecule has 2 aliphatic rings. The van der Waals surface area contributed by atoms with E-state index < -0.39 is 0 Å². The van der Waals surface area contributed by atoms with Gasteiger partial charge in [0.25, 0.3) is 5.91 Å². The lowest BCUT2D eigenvalue weighted by Gasteiger charge is -2.32. The Kier molecular flexibility index (Phi) is 3.89. The summed E-state index contributed by atoms with van der Waals surface area (Å²) in [4.78, 5) is 14.7. The standard InChI is InChI=1S/C15H22N4O/c1-18-8-10-19(11-9-18)17-15(20)13-6-2-4-12-5-3-7-16-14(12)13/h2,4,6,16H,3,5,7-11H2,1H3,(H,17,20). The van der Waals surface area contributed by atoms with Crippen LogP contribution in [0.25, 0.3) is 0 Å². The number of amides is 1. The predicted octanol–water partition coefficient (Wildman–Crippen LogP) is 0.937. The number of nitrogens with zero attached hydrogens (tertiary/aromatic N) is 2. The van der Waals surface area contributed by atoms with Crippen LogP contribution in [0.4, 0.5) is 5.69 Å². The first-order valence-corrected chi connectivity index (χ1v) is 7.34. The molecule has 0 aromatic heterocycles. The topological polar surface area (TPSA) is 47.6 Å². The Balaban J connectivity index is 1.71. The van der Waals surface area contributed by atoms with Crippen molar-refractivity contribution in [2.24, 2.45) is 0 Å². The molecule has 0 bridgehead atoms. The quantitative estimate of drug-likeness (QED) is 0.842. The molecule has 1 amide bonds. The Hall–Kier alpha value is -1.59. The van der Waals surface area contributed by atoms with Gasteiger partial charge in [0.15, 0.2) is 0 Å². The summed E-state index contributed by atoms with van der Waals surface area (Å²) in [5.41, 5.74) is 6.07. The third-order valence-corrected chi connectivity index (χ3v) is 4.08. The highest BCUT2D eigenvalue weighted by atomic mass is 16.2. The maximum absolute atomic E-state index is 12.5. The minimum atomic E-state index is 0.000744. The van der Waals surface area contributed by atoms with E-state index in [1.807, 2.05) is 17.1 Å². The number of benzene rings is 1. The molecule has 20 heavy (non-hydrogen) atoms. The molecule has 1 aromatic carbocycles. The Morgan fingerprint density at radius 2 is 2.05 bits per heavy atom. The van der Waals surface area contributed by atoms with Crippen molar-refractivity contribution in [2.75, 3.05) is 45.1 Å². The molecule has 0 spiro atoms. The zero-order valence-corrected chi connectivity index (χ0v) is 12.0. The van der Waals surface area contributed by atoms with E-state index in [9.17, 15) is 4.79 Å². The van der Waals surface area contributed by atoms with Gasteiger partial charge in [-0.15, -0.1) is 0 Å². The molecule has 0 saturated carbocycles. The zero-order chi connectivity index (χ0) is 13.9. The number of likely N-dealkylation sites (N-methyl/N-ethyl adjacent to an activating group) is 1. The number of para-hydroxylation sites is 1. The van der Waals surface area contributed by atoms with Gasteiger partial charge in [0.1, 0.15) is 0 Å². The maximum Gasteiger partial charge on any atom is 0.267 e. The molecule has 0 radical (unpaired) electrons. The van der Waals surface area contributed by atoms with Gasteiger partial charge in [-0.1, -0.05) is 12.1 Å². The van der Waals surface area contributed by atoms with Crippen LogP contribution in [0.1, 0.15) is 22.3 Å². The first-order chi connectivity index (χ1) is 9.74. The monoisotopic (exact) mass is 274 g/mol. The summed E-state index contributed by atoms with van der Waals surface area (Å²) in [5, 5.41) is 5.39. The zero-order valence-electron chi connectivity index (χ0n) is 12.0. The van der Waals surface area contributed by atoms with Crippen molar-refractivity contribution in [1.29, 1.82) is 0 Å². The number of hydrogen-bond acceptors (Lipinski definition) is 4. The maximum atomic E-state index is 12.5. The molecule has 0 aliphatic carbocycles. The number of aryl methyl sites for hydroxylation is 1. The minimum Gasteiger partial charge on any atom is -0.384 e. The van der Waals surface area contributed by atoms with Crippen molar-refractivity contribution in [3.05, 3.63) is 29.3 Å². The van der Waals surface area contributed by atoms with Gasteiger partial charge >= 0.3 is 0 Å². The van der Waals surface area contributed by atoms with Crippen LogP contribution in [0, 0.1) is 0 Å². The molecule has 3 rings (SSSR count). The van der Waals surface area contributed by atoms with Gasteiger partial charge in [0.05, 0.1) is 11.3 Å². The highest BCUT2D eigenvalue weighted by Gasteiger charge is 2.20. The summed E-state index contributed by atoms with van der Waals surface area (Å²) < 4.78 is 0. The number of hydrogen-bond donors (Lipinski definition) is 2. The van der Waals surface area contributed by atoms with Crippen LogP contribution in [0.5, 0.6) is 0 Å². The number of rotatable bonds is 2. The molecule has 2 N–H and O–H groups in total. The van der Waals surface area contributed by atoms with E-state index in [1.54, 1.807) is 0 Å². The molecule has 1 fully saturated rings. The summed E-state index contributed by atoms with van der Waals surface area (Å²) in [7, 11) is 2.11. The lowest BCUT2D eigenvalue weighted by molar-refractivity contribution is 0.0663. The van der Waals surface area contributed by atoms with Crippen molar-refractivity contribution < 1.29 is 4.79 Å². The Labute approximate surface area is 119 Å². The largest absolute Gasteiger partial charge is 0.384 e. The summed E-state index contributed by atoms with van der Waals surface area (Å²) in [5.74, 6) is 0.000744. The van der Waals surface area contributed by atoms with Crippen molar-refractivity contribution in [2.45, 2.75) is 12.8 Å². The van der Waals surface area contributed by atoms with Crippen LogP contribution >= 0.6 is 0 Å². The van der Waals surface area contributed by atoms with Crippen molar-refractivity contribution in [3.8, 4) is 0 Å². The van der Waals surface area contributed by atoms with E-state index in [4.69, 9.17) is 0 Å². The summed E-state index contributed by atoms with van der Waals surface area (Å²) in [6.07, 6.45) is 2.19. The predicted molar refractivity (Wildman–Crippen MR) is 79.8 cm³/mol. The average molecular weight is 274 g/mol. The van der Waals surface area contributed by atoms with E-state index in [2.05, 4.69) is 28.8 Å². The second kappa shape index (κ2) is 5.81. The SMILES string of the molecule is CN1CCN(NC(=O)c2cccc3c2NCCC3)CC1. The van der Waals surface area contributed by atoms with Crippen molar-refractivity contribution in [1.82, 2.24) is 15.3 Å². The van der Waals surface area contributed by atoms with Crippen LogP contribution < -0.4 is 10.7 Å². The number of anilines is 1. The number of hydrazine groups is 1. The fraction of sp³-hybridized carbons (Fsp3) is 0.533. The molecule has 0 atom stereocenters. The molecule has 5 nitrogen and oxygen atoms in total. The van der Waals surface area contributed by atoms with E-state index >= 15 is 0 Å². The van der Waals surface area contributed by atoms with E-state index in [0.29, 0.717) is 0 Å². The van der Waals surface area contributed by atoms with Gasteiger partial charge in [-0.3, -0.25) is 10.2 Å². The van der Waals surface area contributed by atoms with Gasteiger partial charge in [-0.05, 0) is 31.5 Å². The Bertz CT molecular complexity index is 495. The van der Waals surface area contributed by atoms with Crippen molar-refractivity contribution in [3.63, 3.8) is 0 Å². The number of fused-ring (bicyclic) bond motifs is 1. The number of carbonyl (C=O) groups is 1. The van der Waals surface area contributed by atoms with E-state index in [-0.39, 0.29) is 5.91 Å². The molecule has 5 heteroatoms. The third-order valence-electron chi connectivity index (χ3n) is 4.08. The lowest BCUT2D eigenvalue weighted by Crippen LogP contribution is -2.52. The van der Waals surface area contributed by atoms with Gasteiger partial charge in [0, 0.05) is 32.7 Å². The van der Waals surface area contributed by atoms with Crippen LogP contribution in [-0.2, 0) is 6.42 Å². The second-order valence-electron chi connectivity index (χ2n) is 5.60. The first-order valence-electron chi connectivity index (χ1n) is 7.34.